The zero-order valence-electron chi connectivity index (χ0n) is 13.1. The van der Waals surface area contributed by atoms with Crippen molar-refractivity contribution in [3.05, 3.63) is 58.6 Å². The van der Waals surface area contributed by atoms with E-state index in [0.717, 1.165) is 22.6 Å². The van der Waals surface area contributed by atoms with Gasteiger partial charge in [0.05, 0.1) is 22.4 Å². The van der Waals surface area contributed by atoms with Crippen LogP contribution in [0.15, 0.2) is 53.1 Å². The lowest BCUT2D eigenvalue weighted by atomic mass is 10.1. The number of benzene rings is 1. The largest absolute Gasteiger partial charge is 0.361 e. The molecular formula is C18H20N2O2S. The van der Waals surface area contributed by atoms with E-state index in [1.165, 1.54) is 0 Å². The monoisotopic (exact) mass is 328 g/mol. The number of carbonyl (C=O) groups excluding carboxylic acids is 2. The van der Waals surface area contributed by atoms with Gasteiger partial charge in [-0.15, -0.1) is 0 Å². The third-order valence-electron chi connectivity index (χ3n) is 4.05. The number of ketones is 1. The van der Waals surface area contributed by atoms with Crippen LogP contribution in [0.3, 0.4) is 0 Å². The molecule has 1 atom stereocenters. The Morgan fingerprint density at radius 1 is 1.35 bits per heavy atom. The van der Waals surface area contributed by atoms with E-state index in [1.807, 2.05) is 49.5 Å². The second-order valence-electron chi connectivity index (χ2n) is 5.73. The minimum atomic E-state index is 0.0375. The molecule has 1 amide bonds. The van der Waals surface area contributed by atoms with Crippen LogP contribution in [0.2, 0.25) is 0 Å². The summed E-state index contributed by atoms with van der Waals surface area (Å²) in [5, 5.41) is 3.18. The zero-order chi connectivity index (χ0) is 16.2. The number of rotatable bonds is 5. The number of amides is 1. The van der Waals surface area contributed by atoms with Crippen LogP contribution >= 0.6 is 11.8 Å². The Bertz CT molecular complexity index is 667. The Labute approximate surface area is 140 Å². The highest BCUT2D eigenvalue weighted by molar-refractivity contribution is 8.04. The number of nitrogens with zero attached hydrogens (tertiary/aromatic N) is 1. The van der Waals surface area contributed by atoms with Crippen molar-refractivity contribution in [2.24, 2.45) is 0 Å². The Morgan fingerprint density at radius 2 is 2.13 bits per heavy atom. The first-order valence-electron chi connectivity index (χ1n) is 7.79. The molecule has 0 saturated heterocycles. The first-order valence-corrected chi connectivity index (χ1v) is 8.67. The van der Waals surface area contributed by atoms with Crippen LogP contribution in [-0.2, 0) is 16.0 Å². The molecule has 1 aromatic carbocycles. The molecule has 3 rings (SSSR count). The van der Waals surface area contributed by atoms with Gasteiger partial charge in [-0.1, -0.05) is 48.2 Å². The number of hydrogen-bond acceptors (Lipinski definition) is 4. The van der Waals surface area contributed by atoms with Crippen molar-refractivity contribution in [2.75, 3.05) is 13.6 Å². The maximum absolute atomic E-state index is 12.0. The zero-order valence-corrected chi connectivity index (χ0v) is 13.9. The number of allylic oxidation sites excluding steroid dienone is 3. The van der Waals surface area contributed by atoms with Gasteiger partial charge in [0.2, 0.25) is 5.91 Å². The van der Waals surface area contributed by atoms with Gasteiger partial charge in [0.1, 0.15) is 0 Å². The van der Waals surface area contributed by atoms with E-state index in [-0.39, 0.29) is 17.1 Å². The minimum Gasteiger partial charge on any atom is -0.361 e. The van der Waals surface area contributed by atoms with Crippen LogP contribution in [0.5, 0.6) is 0 Å². The van der Waals surface area contributed by atoms with Crippen LogP contribution in [-0.4, -0.2) is 35.6 Å². The van der Waals surface area contributed by atoms with Crippen molar-refractivity contribution in [3.63, 3.8) is 0 Å². The van der Waals surface area contributed by atoms with Gasteiger partial charge in [-0.05, 0) is 18.1 Å². The van der Waals surface area contributed by atoms with Crippen molar-refractivity contribution >= 4 is 23.5 Å². The number of carbonyl (C=O) groups is 2. The summed E-state index contributed by atoms with van der Waals surface area (Å²) in [4.78, 5) is 26.9. The van der Waals surface area contributed by atoms with Crippen LogP contribution < -0.4 is 5.32 Å². The molecular weight excluding hydrogens is 308 g/mol. The topological polar surface area (TPSA) is 49.4 Å². The Balaban J connectivity index is 1.46. The number of nitrogens with one attached hydrogen (secondary N) is 1. The summed E-state index contributed by atoms with van der Waals surface area (Å²) in [5.74, 6) is 0.241. The van der Waals surface area contributed by atoms with Crippen molar-refractivity contribution in [3.8, 4) is 0 Å². The summed E-state index contributed by atoms with van der Waals surface area (Å²) >= 11 is 1.62. The van der Waals surface area contributed by atoms with Gasteiger partial charge in [-0.2, -0.15) is 0 Å². The molecule has 1 aromatic rings. The molecule has 1 heterocycles. The van der Waals surface area contributed by atoms with Gasteiger partial charge in [0, 0.05) is 20.0 Å². The number of thioether (sulfide) groups is 1. The van der Waals surface area contributed by atoms with E-state index < -0.39 is 0 Å². The Kier molecular flexibility index (Phi) is 4.86. The standard InChI is InChI=1S/C18H20N2O2S/c1-20-14-8-5-9-15(21)18(14)23-17(20)10-11-19-16(22)12-13-6-3-2-4-7-13/h2-8,17H,9-12H2,1H3,(H,19,22). The third kappa shape index (κ3) is 3.67. The van der Waals surface area contributed by atoms with E-state index in [0.29, 0.717) is 19.4 Å². The molecule has 2 aliphatic rings. The first kappa shape index (κ1) is 15.9. The fourth-order valence-corrected chi connectivity index (χ4v) is 4.12. The van der Waals surface area contributed by atoms with Gasteiger partial charge in [0.25, 0.3) is 0 Å². The molecule has 1 unspecified atom stereocenters. The van der Waals surface area contributed by atoms with Gasteiger partial charge in [-0.25, -0.2) is 0 Å². The quantitative estimate of drug-likeness (QED) is 0.902. The van der Waals surface area contributed by atoms with E-state index in [4.69, 9.17) is 0 Å². The molecule has 0 bridgehead atoms. The van der Waals surface area contributed by atoms with Crippen molar-refractivity contribution in [1.82, 2.24) is 10.2 Å². The summed E-state index contributed by atoms with van der Waals surface area (Å²) in [5.41, 5.74) is 2.04. The molecule has 1 aliphatic heterocycles. The van der Waals surface area contributed by atoms with Gasteiger partial charge in [-0.3, -0.25) is 9.59 Å². The summed E-state index contributed by atoms with van der Waals surface area (Å²) in [6.45, 7) is 0.617. The summed E-state index contributed by atoms with van der Waals surface area (Å²) < 4.78 is 0. The van der Waals surface area contributed by atoms with Gasteiger partial charge in [0.15, 0.2) is 5.78 Å². The molecule has 1 aliphatic carbocycles. The minimum absolute atomic E-state index is 0.0375. The fourth-order valence-electron chi connectivity index (χ4n) is 2.79. The average molecular weight is 328 g/mol. The molecule has 0 radical (unpaired) electrons. The Morgan fingerprint density at radius 3 is 2.87 bits per heavy atom. The lowest BCUT2D eigenvalue weighted by Crippen LogP contribution is -2.31. The van der Waals surface area contributed by atoms with Crippen LogP contribution in [0.1, 0.15) is 18.4 Å². The predicted octanol–water partition coefficient (Wildman–Crippen LogP) is 2.48. The van der Waals surface area contributed by atoms with E-state index in [1.54, 1.807) is 11.8 Å². The smallest absolute Gasteiger partial charge is 0.224 e. The van der Waals surface area contributed by atoms with Gasteiger partial charge < -0.3 is 10.2 Å². The summed E-state index contributed by atoms with van der Waals surface area (Å²) in [7, 11) is 2.01. The third-order valence-corrected chi connectivity index (χ3v) is 5.55. The molecule has 4 nitrogen and oxygen atoms in total. The van der Waals surface area contributed by atoms with E-state index in [2.05, 4.69) is 10.2 Å². The fraction of sp³-hybridized carbons (Fsp3) is 0.333. The van der Waals surface area contributed by atoms with Crippen molar-refractivity contribution < 1.29 is 9.59 Å². The lowest BCUT2D eigenvalue weighted by Gasteiger charge is -2.23. The molecule has 0 spiro atoms. The van der Waals surface area contributed by atoms with Crippen LogP contribution in [0.4, 0.5) is 0 Å². The molecule has 1 N–H and O–H groups in total. The van der Waals surface area contributed by atoms with E-state index in [9.17, 15) is 9.59 Å². The Hall–Kier alpha value is -2.01. The summed E-state index contributed by atoms with van der Waals surface area (Å²) in [6.07, 6.45) is 5.67. The van der Waals surface area contributed by atoms with E-state index >= 15 is 0 Å². The van der Waals surface area contributed by atoms with Crippen molar-refractivity contribution in [2.45, 2.75) is 24.6 Å². The number of likely N-dealkylation sites (N-methyl/N-ethyl adjacent to an activating group) is 1. The number of Topliss-reactive ketones (excluding diaryl/α,β-unsaturated/α-hetero) is 1. The van der Waals surface area contributed by atoms with Gasteiger partial charge >= 0.3 is 0 Å². The molecule has 0 saturated carbocycles. The molecule has 23 heavy (non-hydrogen) atoms. The summed E-state index contributed by atoms with van der Waals surface area (Å²) in [6, 6.07) is 9.73. The molecule has 120 valence electrons. The lowest BCUT2D eigenvalue weighted by molar-refractivity contribution is -0.120. The number of hydrogen-bond donors (Lipinski definition) is 1. The first-order chi connectivity index (χ1) is 11.1. The predicted molar refractivity (Wildman–Crippen MR) is 92.7 cm³/mol. The second kappa shape index (κ2) is 7.04. The maximum atomic E-state index is 12.0. The van der Waals surface area contributed by atoms with Crippen LogP contribution in [0.25, 0.3) is 0 Å². The highest BCUT2D eigenvalue weighted by Gasteiger charge is 2.33. The van der Waals surface area contributed by atoms with Crippen LogP contribution in [0, 0.1) is 0 Å². The molecule has 0 aromatic heterocycles. The molecule has 5 heteroatoms. The normalized spacial score (nSPS) is 20.0. The average Bonchev–Trinajstić information content (AvgIpc) is 2.87. The van der Waals surface area contributed by atoms with Crippen molar-refractivity contribution in [1.29, 1.82) is 0 Å². The maximum Gasteiger partial charge on any atom is 0.224 e. The molecule has 0 fully saturated rings. The highest BCUT2D eigenvalue weighted by atomic mass is 32.2. The highest BCUT2D eigenvalue weighted by Crippen LogP contribution is 2.41. The SMILES string of the molecule is CN1C2=C(SC1CCNC(=O)Cc1ccccc1)C(=O)CC=C2. The second-order valence-corrected chi connectivity index (χ2v) is 6.92.